The molecule has 18 heavy (non-hydrogen) atoms. The van der Waals surface area contributed by atoms with E-state index in [-0.39, 0.29) is 0 Å². The summed E-state index contributed by atoms with van der Waals surface area (Å²) >= 11 is 0. The van der Waals surface area contributed by atoms with Gasteiger partial charge < -0.3 is 9.64 Å². The topological polar surface area (TPSA) is 55.6 Å². The fourth-order valence-corrected chi connectivity index (χ4v) is 2.21. The Morgan fingerprint density at radius 3 is 2.83 bits per heavy atom. The summed E-state index contributed by atoms with van der Waals surface area (Å²) in [4.78, 5) is 12.2. The lowest BCUT2D eigenvalue weighted by Crippen LogP contribution is -2.53. The van der Waals surface area contributed by atoms with Crippen molar-refractivity contribution in [1.82, 2.24) is 0 Å². The zero-order valence-electron chi connectivity index (χ0n) is 10.4. The molecule has 1 aliphatic rings. The van der Waals surface area contributed by atoms with Gasteiger partial charge in [0, 0.05) is 6.54 Å². The first kappa shape index (κ1) is 12.8. The molecule has 0 amide bonds. The predicted octanol–water partition coefficient (Wildman–Crippen LogP) is 2.35. The molecule has 5 nitrogen and oxygen atoms in total. The molecule has 0 saturated carbocycles. The summed E-state index contributed by atoms with van der Waals surface area (Å²) in [5.41, 5.74) is -0.544. The number of nitro groups is 1. The molecule has 1 aromatic rings. The van der Waals surface area contributed by atoms with Gasteiger partial charge in [0.1, 0.15) is 5.69 Å². The van der Waals surface area contributed by atoms with E-state index in [1.807, 2.05) is 18.7 Å². The Hall–Kier alpha value is -1.69. The van der Waals surface area contributed by atoms with Gasteiger partial charge in [-0.05, 0) is 26.0 Å². The van der Waals surface area contributed by atoms with Gasteiger partial charge in [-0.2, -0.15) is 4.39 Å². The summed E-state index contributed by atoms with van der Waals surface area (Å²) < 4.78 is 19.0. The summed E-state index contributed by atoms with van der Waals surface area (Å²) in [6, 6.07) is 4.17. The van der Waals surface area contributed by atoms with E-state index in [9.17, 15) is 14.5 Å². The number of ether oxygens (including phenoxy) is 1. The van der Waals surface area contributed by atoms with Gasteiger partial charge in [0.2, 0.25) is 5.82 Å². The minimum Gasteiger partial charge on any atom is -0.377 e. The first-order chi connectivity index (χ1) is 8.43. The molecule has 1 heterocycles. The van der Waals surface area contributed by atoms with Crippen LogP contribution in [0.5, 0.6) is 0 Å². The van der Waals surface area contributed by atoms with Gasteiger partial charge in [0.05, 0.1) is 23.7 Å². The van der Waals surface area contributed by atoms with Crippen molar-refractivity contribution in [3.05, 3.63) is 34.1 Å². The lowest BCUT2D eigenvalue weighted by molar-refractivity contribution is -0.386. The molecule has 1 fully saturated rings. The predicted molar refractivity (Wildman–Crippen MR) is 65.3 cm³/mol. The maximum atomic E-state index is 13.6. The Morgan fingerprint density at radius 2 is 2.22 bits per heavy atom. The third-order valence-electron chi connectivity index (χ3n) is 3.08. The first-order valence-electron chi connectivity index (χ1n) is 5.72. The number of nitro benzene ring substituents is 1. The fraction of sp³-hybridized carbons (Fsp3) is 0.500. The molecular formula is C12H15FN2O3. The maximum Gasteiger partial charge on any atom is 0.327 e. The summed E-state index contributed by atoms with van der Waals surface area (Å²) in [5.74, 6) is -0.806. The second-order valence-electron chi connectivity index (χ2n) is 4.88. The molecule has 0 radical (unpaired) electrons. The maximum absolute atomic E-state index is 13.6. The molecule has 0 N–H and O–H groups in total. The summed E-state index contributed by atoms with van der Waals surface area (Å²) in [6.45, 7) is 5.29. The monoisotopic (exact) mass is 254 g/mol. The largest absolute Gasteiger partial charge is 0.377 e. The van der Waals surface area contributed by atoms with Crippen molar-refractivity contribution in [3.8, 4) is 0 Å². The van der Waals surface area contributed by atoms with Crippen LogP contribution in [0.4, 0.5) is 15.8 Å². The van der Waals surface area contributed by atoms with E-state index in [4.69, 9.17) is 4.74 Å². The Morgan fingerprint density at radius 1 is 1.50 bits per heavy atom. The van der Waals surface area contributed by atoms with Gasteiger partial charge in [-0.1, -0.05) is 6.07 Å². The van der Waals surface area contributed by atoms with Crippen LogP contribution in [0.25, 0.3) is 0 Å². The second-order valence-corrected chi connectivity index (χ2v) is 4.88. The van der Waals surface area contributed by atoms with Gasteiger partial charge >= 0.3 is 5.69 Å². The van der Waals surface area contributed by atoms with E-state index in [0.29, 0.717) is 25.4 Å². The number of halogens is 1. The highest BCUT2D eigenvalue weighted by Gasteiger charge is 2.35. The number of anilines is 1. The second kappa shape index (κ2) is 4.53. The van der Waals surface area contributed by atoms with Crippen molar-refractivity contribution in [2.75, 3.05) is 24.7 Å². The number of benzene rings is 1. The smallest absolute Gasteiger partial charge is 0.327 e. The van der Waals surface area contributed by atoms with Gasteiger partial charge in [-0.3, -0.25) is 10.1 Å². The van der Waals surface area contributed by atoms with Crippen molar-refractivity contribution >= 4 is 11.4 Å². The van der Waals surface area contributed by atoms with E-state index >= 15 is 0 Å². The molecule has 1 saturated heterocycles. The number of morpholine rings is 1. The number of para-hydroxylation sites is 1. The van der Waals surface area contributed by atoms with Crippen LogP contribution in [0.15, 0.2) is 18.2 Å². The minimum atomic E-state index is -0.806. The molecule has 98 valence electrons. The molecule has 0 atom stereocenters. The number of nitrogens with zero attached hydrogens (tertiary/aromatic N) is 2. The summed E-state index contributed by atoms with van der Waals surface area (Å²) in [5, 5.41) is 11.0. The molecule has 6 heteroatoms. The van der Waals surface area contributed by atoms with Crippen LogP contribution in [-0.2, 0) is 4.74 Å². The number of hydrogen-bond donors (Lipinski definition) is 0. The highest BCUT2D eigenvalue weighted by molar-refractivity contribution is 5.65. The normalized spacial score (nSPS) is 18.7. The molecular weight excluding hydrogens is 239 g/mol. The quantitative estimate of drug-likeness (QED) is 0.600. The Labute approximate surface area is 104 Å². The molecule has 0 aliphatic carbocycles. The number of hydrogen-bond acceptors (Lipinski definition) is 4. The molecule has 0 spiro atoms. The highest BCUT2D eigenvalue weighted by atomic mass is 19.1. The van der Waals surface area contributed by atoms with Crippen molar-refractivity contribution in [3.63, 3.8) is 0 Å². The van der Waals surface area contributed by atoms with E-state index in [2.05, 4.69) is 0 Å². The van der Waals surface area contributed by atoms with Crippen LogP contribution in [0.2, 0.25) is 0 Å². The standard InChI is InChI=1S/C12H15FN2O3/c1-12(2)8-18-7-6-14(12)10-5-3-4-9(13)11(10)15(16)17/h3-5H,6-8H2,1-2H3. The lowest BCUT2D eigenvalue weighted by Gasteiger charge is -2.43. The number of rotatable bonds is 2. The third-order valence-corrected chi connectivity index (χ3v) is 3.08. The van der Waals surface area contributed by atoms with Crippen LogP contribution < -0.4 is 4.90 Å². The summed E-state index contributed by atoms with van der Waals surface area (Å²) in [6.07, 6.45) is 0. The lowest BCUT2D eigenvalue weighted by atomic mass is 10.0. The van der Waals surface area contributed by atoms with E-state index in [0.717, 1.165) is 6.07 Å². The Kier molecular flexibility index (Phi) is 3.21. The van der Waals surface area contributed by atoms with E-state index in [1.54, 1.807) is 6.07 Å². The summed E-state index contributed by atoms with van der Waals surface area (Å²) in [7, 11) is 0. The average Bonchev–Trinajstić information content (AvgIpc) is 2.27. The van der Waals surface area contributed by atoms with Crippen LogP contribution in [0, 0.1) is 15.9 Å². The van der Waals surface area contributed by atoms with Gasteiger partial charge in [0.15, 0.2) is 0 Å². The molecule has 0 bridgehead atoms. The van der Waals surface area contributed by atoms with Crippen LogP contribution in [-0.4, -0.2) is 30.2 Å². The van der Waals surface area contributed by atoms with E-state index in [1.165, 1.54) is 6.07 Å². The van der Waals surface area contributed by atoms with E-state index < -0.39 is 22.0 Å². The first-order valence-corrected chi connectivity index (χ1v) is 5.72. The SMILES string of the molecule is CC1(C)COCCN1c1cccc(F)c1[N+](=O)[O-]. The van der Waals surface area contributed by atoms with Crippen molar-refractivity contribution < 1.29 is 14.1 Å². The molecule has 1 aromatic carbocycles. The third kappa shape index (κ3) is 2.15. The van der Waals surface area contributed by atoms with Crippen molar-refractivity contribution in [2.24, 2.45) is 0 Å². The van der Waals surface area contributed by atoms with Crippen molar-refractivity contribution in [1.29, 1.82) is 0 Å². The highest BCUT2D eigenvalue weighted by Crippen LogP contribution is 2.35. The van der Waals surface area contributed by atoms with Crippen LogP contribution in [0.3, 0.4) is 0 Å². The molecule has 0 aromatic heterocycles. The van der Waals surface area contributed by atoms with Gasteiger partial charge in [-0.15, -0.1) is 0 Å². The minimum absolute atomic E-state index is 0.313. The van der Waals surface area contributed by atoms with Crippen LogP contribution >= 0.6 is 0 Å². The molecule has 1 aliphatic heterocycles. The zero-order chi connectivity index (χ0) is 13.3. The average molecular weight is 254 g/mol. The van der Waals surface area contributed by atoms with Crippen molar-refractivity contribution in [2.45, 2.75) is 19.4 Å². The van der Waals surface area contributed by atoms with Crippen LogP contribution in [0.1, 0.15) is 13.8 Å². The Bertz CT molecular complexity index is 476. The fourth-order valence-electron chi connectivity index (χ4n) is 2.21. The molecule has 2 rings (SSSR count). The van der Waals surface area contributed by atoms with Gasteiger partial charge in [-0.25, -0.2) is 0 Å². The molecule has 0 unspecified atom stereocenters. The Balaban J connectivity index is 2.50. The zero-order valence-corrected chi connectivity index (χ0v) is 10.4. The van der Waals surface area contributed by atoms with Gasteiger partial charge in [0.25, 0.3) is 0 Å².